The molecule has 4 nitrogen and oxygen atoms in total. The highest BCUT2D eigenvalue weighted by atomic mass is 16.1. The summed E-state index contributed by atoms with van der Waals surface area (Å²) in [5, 5.41) is 10.6. The first kappa shape index (κ1) is 12.1. The molecule has 0 bridgehead atoms. The van der Waals surface area contributed by atoms with E-state index in [0.29, 0.717) is 24.7 Å². The zero-order chi connectivity index (χ0) is 13.2. The Morgan fingerprint density at radius 2 is 1.95 bits per heavy atom. The number of Topliss-reactive ketones (excluding diaryl/α,β-unsaturated/α-hetero) is 1. The quantitative estimate of drug-likeness (QED) is 0.827. The molecule has 0 aliphatic heterocycles. The second-order valence-electron chi connectivity index (χ2n) is 5.14. The van der Waals surface area contributed by atoms with Crippen molar-refractivity contribution in [1.29, 1.82) is 0 Å². The van der Waals surface area contributed by atoms with E-state index in [1.165, 1.54) is 0 Å². The van der Waals surface area contributed by atoms with Gasteiger partial charge in [-0.05, 0) is 12.8 Å². The number of aromatic nitrogens is 2. The summed E-state index contributed by atoms with van der Waals surface area (Å²) >= 11 is 0. The largest absolute Gasteiger partial charge is 0.355 e. The van der Waals surface area contributed by atoms with Crippen LogP contribution in [0.2, 0.25) is 0 Å². The van der Waals surface area contributed by atoms with Gasteiger partial charge in [-0.2, -0.15) is 5.10 Å². The highest BCUT2D eigenvalue weighted by Gasteiger charge is 2.24. The third-order valence-corrected chi connectivity index (χ3v) is 3.95. The van der Waals surface area contributed by atoms with Crippen LogP contribution in [0.5, 0.6) is 0 Å². The van der Waals surface area contributed by atoms with Crippen molar-refractivity contribution in [2.24, 2.45) is 0 Å². The van der Waals surface area contributed by atoms with Crippen LogP contribution in [0.15, 0.2) is 30.5 Å². The van der Waals surface area contributed by atoms with Crippen molar-refractivity contribution in [2.75, 3.05) is 11.9 Å². The van der Waals surface area contributed by atoms with Gasteiger partial charge in [0.25, 0.3) is 0 Å². The Bertz CT molecular complexity index is 596. The van der Waals surface area contributed by atoms with Crippen molar-refractivity contribution >= 4 is 22.4 Å². The SMILES string of the molecule is CN(c1nncc2ccccc12)C1CCC(=O)CC1. The van der Waals surface area contributed by atoms with Crippen molar-refractivity contribution in [3.63, 3.8) is 0 Å². The molecule has 2 aromatic rings. The molecule has 1 aromatic heterocycles. The number of carbonyl (C=O) groups excluding carboxylic acids is 1. The van der Waals surface area contributed by atoms with Crippen molar-refractivity contribution in [1.82, 2.24) is 10.2 Å². The van der Waals surface area contributed by atoms with E-state index in [9.17, 15) is 4.79 Å². The lowest BCUT2D eigenvalue weighted by Gasteiger charge is -2.31. The maximum atomic E-state index is 11.3. The fourth-order valence-electron chi connectivity index (χ4n) is 2.76. The lowest BCUT2D eigenvalue weighted by atomic mass is 9.93. The van der Waals surface area contributed by atoms with Crippen LogP contribution in [0.3, 0.4) is 0 Å². The summed E-state index contributed by atoms with van der Waals surface area (Å²) < 4.78 is 0. The third-order valence-electron chi connectivity index (χ3n) is 3.95. The lowest BCUT2D eigenvalue weighted by molar-refractivity contribution is -0.120. The Kier molecular flexibility index (Phi) is 3.15. The summed E-state index contributed by atoms with van der Waals surface area (Å²) in [5.74, 6) is 1.30. The number of nitrogens with zero attached hydrogens (tertiary/aromatic N) is 3. The van der Waals surface area contributed by atoms with Crippen LogP contribution in [0, 0.1) is 0 Å². The van der Waals surface area contributed by atoms with Gasteiger partial charge in [-0.25, -0.2) is 0 Å². The smallest absolute Gasteiger partial charge is 0.159 e. The molecule has 0 spiro atoms. The molecular formula is C15H17N3O. The van der Waals surface area contributed by atoms with Gasteiger partial charge in [-0.3, -0.25) is 4.79 Å². The highest BCUT2D eigenvalue weighted by Crippen LogP contribution is 2.28. The van der Waals surface area contributed by atoms with E-state index in [2.05, 4.69) is 28.2 Å². The third kappa shape index (κ3) is 2.30. The summed E-state index contributed by atoms with van der Waals surface area (Å²) in [7, 11) is 2.05. The molecule has 1 aromatic carbocycles. The summed E-state index contributed by atoms with van der Waals surface area (Å²) in [6.45, 7) is 0. The van der Waals surface area contributed by atoms with Crippen LogP contribution < -0.4 is 4.90 Å². The Labute approximate surface area is 112 Å². The van der Waals surface area contributed by atoms with Gasteiger partial charge in [0.15, 0.2) is 5.82 Å². The molecule has 1 aliphatic rings. The predicted molar refractivity (Wildman–Crippen MR) is 75.2 cm³/mol. The van der Waals surface area contributed by atoms with Crippen LogP contribution in [0.4, 0.5) is 5.82 Å². The first-order chi connectivity index (χ1) is 9.25. The maximum absolute atomic E-state index is 11.3. The number of rotatable bonds is 2. The molecular weight excluding hydrogens is 238 g/mol. The predicted octanol–water partition coefficient (Wildman–Crippen LogP) is 2.58. The monoisotopic (exact) mass is 255 g/mol. The molecule has 0 atom stereocenters. The minimum atomic E-state index is 0.383. The molecule has 1 aliphatic carbocycles. The number of hydrogen-bond acceptors (Lipinski definition) is 4. The number of anilines is 1. The average Bonchev–Trinajstić information content (AvgIpc) is 2.47. The van der Waals surface area contributed by atoms with E-state index in [1.54, 1.807) is 6.20 Å². The standard InChI is InChI=1S/C15H17N3O/c1-18(12-6-8-13(19)9-7-12)15-14-5-3-2-4-11(14)10-16-17-15/h2-5,10,12H,6-9H2,1H3. The molecule has 4 heteroatoms. The Morgan fingerprint density at radius 3 is 2.74 bits per heavy atom. The summed E-state index contributed by atoms with van der Waals surface area (Å²) in [4.78, 5) is 13.5. The molecule has 0 amide bonds. The second kappa shape index (κ2) is 4.96. The molecule has 19 heavy (non-hydrogen) atoms. The number of benzene rings is 1. The number of ketones is 1. The Hall–Kier alpha value is -1.97. The van der Waals surface area contributed by atoms with Gasteiger partial charge in [-0.15, -0.1) is 5.10 Å². The summed E-state index contributed by atoms with van der Waals surface area (Å²) in [6.07, 6.45) is 5.00. The van der Waals surface area contributed by atoms with Gasteiger partial charge >= 0.3 is 0 Å². The molecule has 0 saturated heterocycles. The molecule has 98 valence electrons. The lowest BCUT2D eigenvalue weighted by Crippen LogP contribution is -2.36. The van der Waals surface area contributed by atoms with Gasteiger partial charge in [0.05, 0.1) is 6.20 Å². The van der Waals surface area contributed by atoms with Crippen molar-refractivity contribution < 1.29 is 4.79 Å². The van der Waals surface area contributed by atoms with Gasteiger partial charge in [0, 0.05) is 36.7 Å². The first-order valence-electron chi connectivity index (χ1n) is 6.70. The molecule has 1 saturated carbocycles. The van der Waals surface area contributed by atoms with Crippen molar-refractivity contribution in [2.45, 2.75) is 31.7 Å². The Morgan fingerprint density at radius 1 is 1.21 bits per heavy atom. The van der Waals surface area contributed by atoms with Gasteiger partial charge in [-0.1, -0.05) is 24.3 Å². The van der Waals surface area contributed by atoms with E-state index in [0.717, 1.165) is 29.4 Å². The Balaban J connectivity index is 1.93. The van der Waals surface area contributed by atoms with Crippen LogP contribution in [-0.4, -0.2) is 29.1 Å². The van der Waals surface area contributed by atoms with E-state index in [4.69, 9.17) is 0 Å². The highest BCUT2D eigenvalue weighted by molar-refractivity contribution is 5.91. The van der Waals surface area contributed by atoms with Gasteiger partial charge in [0.2, 0.25) is 0 Å². The summed E-state index contributed by atoms with van der Waals surface area (Å²) in [6, 6.07) is 8.53. The summed E-state index contributed by atoms with van der Waals surface area (Å²) in [5.41, 5.74) is 0. The normalized spacial score (nSPS) is 16.8. The number of carbonyl (C=O) groups is 1. The zero-order valence-electron chi connectivity index (χ0n) is 11.0. The van der Waals surface area contributed by atoms with Crippen LogP contribution in [0.1, 0.15) is 25.7 Å². The number of hydrogen-bond donors (Lipinski definition) is 0. The fourth-order valence-corrected chi connectivity index (χ4v) is 2.76. The molecule has 1 fully saturated rings. The number of fused-ring (bicyclic) bond motifs is 1. The molecule has 1 heterocycles. The zero-order valence-corrected chi connectivity index (χ0v) is 11.0. The van der Waals surface area contributed by atoms with Crippen molar-refractivity contribution in [3.05, 3.63) is 30.5 Å². The van der Waals surface area contributed by atoms with E-state index in [1.807, 2.05) is 18.2 Å². The average molecular weight is 255 g/mol. The molecule has 0 unspecified atom stereocenters. The molecule has 0 radical (unpaired) electrons. The molecule has 0 N–H and O–H groups in total. The van der Waals surface area contributed by atoms with Gasteiger partial charge in [0.1, 0.15) is 5.78 Å². The van der Waals surface area contributed by atoms with Crippen molar-refractivity contribution in [3.8, 4) is 0 Å². The fraction of sp³-hybridized carbons (Fsp3) is 0.400. The minimum absolute atomic E-state index is 0.383. The van der Waals surface area contributed by atoms with E-state index in [-0.39, 0.29) is 0 Å². The van der Waals surface area contributed by atoms with E-state index >= 15 is 0 Å². The topological polar surface area (TPSA) is 46.1 Å². The second-order valence-corrected chi connectivity index (χ2v) is 5.14. The van der Waals surface area contributed by atoms with Crippen LogP contribution >= 0.6 is 0 Å². The minimum Gasteiger partial charge on any atom is -0.355 e. The van der Waals surface area contributed by atoms with Gasteiger partial charge < -0.3 is 4.90 Å². The van der Waals surface area contributed by atoms with Crippen LogP contribution in [-0.2, 0) is 4.79 Å². The maximum Gasteiger partial charge on any atom is 0.159 e. The molecule has 3 rings (SSSR count). The van der Waals surface area contributed by atoms with E-state index < -0.39 is 0 Å². The first-order valence-corrected chi connectivity index (χ1v) is 6.70. The van der Waals surface area contributed by atoms with Crippen LogP contribution in [0.25, 0.3) is 10.8 Å².